The summed E-state index contributed by atoms with van der Waals surface area (Å²) >= 11 is 2.99. The van der Waals surface area contributed by atoms with Gasteiger partial charge in [0.2, 0.25) is 5.91 Å². The number of nitrogens with one attached hydrogen (secondary N) is 2. The van der Waals surface area contributed by atoms with E-state index >= 15 is 0 Å². The first-order chi connectivity index (χ1) is 9.97. The Morgan fingerprint density at radius 2 is 2.05 bits per heavy atom. The van der Waals surface area contributed by atoms with Gasteiger partial charge in [0.1, 0.15) is 29.1 Å². The Morgan fingerprint density at radius 1 is 1.38 bits per heavy atom. The van der Waals surface area contributed by atoms with Crippen molar-refractivity contribution < 1.29 is 18.0 Å². The molecule has 1 atom stereocenters. The average molecular weight is 359 g/mol. The number of carbonyl (C=O) groups excluding carboxylic acids is 1. The Hall–Kier alpha value is -1.89. The van der Waals surface area contributed by atoms with Crippen molar-refractivity contribution in [3.63, 3.8) is 0 Å². The number of furan rings is 1. The fourth-order valence-electron chi connectivity index (χ4n) is 1.70. The summed E-state index contributed by atoms with van der Waals surface area (Å²) in [6.45, 7) is 1.72. The molecule has 0 radical (unpaired) electrons. The lowest BCUT2D eigenvalue weighted by Crippen LogP contribution is -2.37. The monoisotopic (exact) mass is 358 g/mol. The predicted octanol–water partition coefficient (Wildman–Crippen LogP) is 3.44. The molecule has 2 rings (SSSR count). The highest BCUT2D eigenvalue weighted by molar-refractivity contribution is 9.10. The first kappa shape index (κ1) is 15.5. The van der Waals surface area contributed by atoms with E-state index in [0.29, 0.717) is 5.76 Å². The van der Waals surface area contributed by atoms with Gasteiger partial charge in [-0.15, -0.1) is 0 Å². The van der Waals surface area contributed by atoms with E-state index in [0.717, 1.165) is 12.1 Å². The molecule has 2 aromatic rings. The SMILES string of the molecule is CC(Nc1c(F)cc(Br)cc1F)C(=O)NCc1ccco1. The van der Waals surface area contributed by atoms with Crippen LogP contribution in [0.4, 0.5) is 14.5 Å². The second-order valence-corrected chi connectivity index (χ2v) is 5.32. The van der Waals surface area contributed by atoms with Crippen LogP contribution in [0.2, 0.25) is 0 Å². The largest absolute Gasteiger partial charge is 0.467 e. The topological polar surface area (TPSA) is 54.3 Å². The van der Waals surface area contributed by atoms with E-state index in [-0.39, 0.29) is 16.7 Å². The van der Waals surface area contributed by atoms with Crippen molar-refractivity contribution in [1.29, 1.82) is 0 Å². The van der Waals surface area contributed by atoms with Gasteiger partial charge in [-0.1, -0.05) is 15.9 Å². The number of halogens is 3. The van der Waals surface area contributed by atoms with Crippen LogP contribution in [0, 0.1) is 11.6 Å². The molecule has 1 aromatic heterocycles. The summed E-state index contributed by atoms with van der Waals surface area (Å²) in [5.41, 5.74) is -0.334. The van der Waals surface area contributed by atoms with Crippen LogP contribution in [0.1, 0.15) is 12.7 Å². The van der Waals surface area contributed by atoms with Crippen LogP contribution < -0.4 is 10.6 Å². The predicted molar refractivity (Wildman–Crippen MR) is 77.7 cm³/mol. The molecule has 0 fully saturated rings. The van der Waals surface area contributed by atoms with Gasteiger partial charge < -0.3 is 15.1 Å². The fourth-order valence-corrected chi connectivity index (χ4v) is 2.10. The van der Waals surface area contributed by atoms with Crippen LogP contribution >= 0.6 is 15.9 Å². The average Bonchev–Trinajstić information content (AvgIpc) is 2.93. The molecule has 0 saturated heterocycles. The molecule has 1 unspecified atom stereocenters. The van der Waals surface area contributed by atoms with E-state index in [1.807, 2.05) is 0 Å². The zero-order chi connectivity index (χ0) is 15.4. The molecule has 1 amide bonds. The highest BCUT2D eigenvalue weighted by Gasteiger charge is 2.17. The molecule has 1 heterocycles. The van der Waals surface area contributed by atoms with Crippen molar-refractivity contribution in [2.24, 2.45) is 0 Å². The zero-order valence-corrected chi connectivity index (χ0v) is 12.7. The first-order valence-electron chi connectivity index (χ1n) is 6.18. The van der Waals surface area contributed by atoms with Crippen molar-refractivity contribution in [1.82, 2.24) is 5.32 Å². The van der Waals surface area contributed by atoms with E-state index in [4.69, 9.17) is 4.42 Å². The highest BCUT2D eigenvalue weighted by Crippen LogP contribution is 2.24. The summed E-state index contributed by atoms with van der Waals surface area (Å²) in [5.74, 6) is -1.34. The normalized spacial score (nSPS) is 12.0. The van der Waals surface area contributed by atoms with Crippen LogP contribution in [0.15, 0.2) is 39.4 Å². The molecule has 1 aromatic carbocycles. The molecule has 0 bridgehead atoms. The van der Waals surface area contributed by atoms with Crippen molar-refractivity contribution in [2.45, 2.75) is 19.5 Å². The molecule has 4 nitrogen and oxygen atoms in total. The van der Waals surface area contributed by atoms with E-state index in [2.05, 4.69) is 26.6 Å². The van der Waals surface area contributed by atoms with Gasteiger partial charge in [0, 0.05) is 4.47 Å². The first-order valence-corrected chi connectivity index (χ1v) is 6.98. The molecule has 21 heavy (non-hydrogen) atoms. The summed E-state index contributed by atoms with van der Waals surface area (Å²) in [7, 11) is 0. The van der Waals surface area contributed by atoms with Crippen LogP contribution in [0.25, 0.3) is 0 Å². The summed E-state index contributed by atoms with van der Waals surface area (Å²) in [6, 6.07) is 4.87. The Balaban J connectivity index is 1.97. The third-order valence-corrected chi connectivity index (χ3v) is 3.24. The Bertz CT molecular complexity index is 609. The second kappa shape index (κ2) is 6.71. The maximum atomic E-state index is 13.7. The summed E-state index contributed by atoms with van der Waals surface area (Å²) in [5, 5.41) is 5.13. The van der Waals surface area contributed by atoms with Gasteiger partial charge in [-0.25, -0.2) is 8.78 Å². The molecule has 0 aliphatic carbocycles. The number of hydrogen-bond acceptors (Lipinski definition) is 3. The molecule has 0 spiro atoms. The summed E-state index contributed by atoms with van der Waals surface area (Å²) in [4.78, 5) is 11.9. The van der Waals surface area contributed by atoms with Gasteiger partial charge in [-0.3, -0.25) is 4.79 Å². The van der Waals surface area contributed by atoms with Crippen LogP contribution in [-0.4, -0.2) is 11.9 Å². The van der Waals surface area contributed by atoms with E-state index < -0.39 is 23.6 Å². The lowest BCUT2D eigenvalue weighted by atomic mass is 10.2. The van der Waals surface area contributed by atoms with Crippen LogP contribution in [0.5, 0.6) is 0 Å². The van der Waals surface area contributed by atoms with Gasteiger partial charge in [-0.05, 0) is 31.2 Å². The standard InChI is InChI=1S/C14H13BrF2N2O2/c1-8(14(20)18-7-10-3-2-4-21-10)19-13-11(16)5-9(15)6-12(13)17/h2-6,8,19H,7H2,1H3,(H,18,20). The van der Waals surface area contributed by atoms with Crippen molar-refractivity contribution in [3.05, 3.63) is 52.4 Å². The number of hydrogen-bond donors (Lipinski definition) is 2. The zero-order valence-electron chi connectivity index (χ0n) is 11.1. The van der Waals surface area contributed by atoms with Gasteiger partial charge in [0.05, 0.1) is 12.8 Å². The van der Waals surface area contributed by atoms with Crippen LogP contribution in [-0.2, 0) is 11.3 Å². The molecule has 0 aliphatic rings. The maximum Gasteiger partial charge on any atom is 0.242 e. The third kappa shape index (κ3) is 4.04. The van der Waals surface area contributed by atoms with Crippen molar-refractivity contribution in [2.75, 3.05) is 5.32 Å². The number of anilines is 1. The number of rotatable bonds is 5. The van der Waals surface area contributed by atoms with Gasteiger partial charge in [0.15, 0.2) is 0 Å². The minimum Gasteiger partial charge on any atom is -0.467 e. The highest BCUT2D eigenvalue weighted by atomic mass is 79.9. The number of carbonyl (C=O) groups is 1. The molecule has 0 aliphatic heterocycles. The van der Waals surface area contributed by atoms with E-state index in [1.54, 1.807) is 12.1 Å². The number of amides is 1. The lowest BCUT2D eigenvalue weighted by molar-refractivity contribution is -0.121. The van der Waals surface area contributed by atoms with Gasteiger partial charge in [-0.2, -0.15) is 0 Å². The van der Waals surface area contributed by atoms with Crippen LogP contribution in [0.3, 0.4) is 0 Å². The van der Waals surface area contributed by atoms with Crippen molar-refractivity contribution in [3.8, 4) is 0 Å². The maximum absolute atomic E-state index is 13.7. The minimum absolute atomic E-state index is 0.211. The fraction of sp³-hybridized carbons (Fsp3) is 0.214. The molecule has 7 heteroatoms. The smallest absolute Gasteiger partial charge is 0.242 e. The summed E-state index contributed by atoms with van der Waals surface area (Å²) in [6.07, 6.45) is 1.50. The minimum atomic E-state index is -0.801. The third-order valence-electron chi connectivity index (χ3n) is 2.78. The Labute approximate surface area is 128 Å². The molecule has 112 valence electrons. The lowest BCUT2D eigenvalue weighted by Gasteiger charge is -2.16. The van der Waals surface area contributed by atoms with Gasteiger partial charge in [0.25, 0.3) is 0 Å². The Morgan fingerprint density at radius 3 is 2.62 bits per heavy atom. The van der Waals surface area contributed by atoms with Gasteiger partial charge >= 0.3 is 0 Å². The summed E-state index contributed by atoms with van der Waals surface area (Å²) < 4.78 is 32.7. The quantitative estimate of drug-likeness (QED) is 0.860. The van der Waals surface area contributed by atoms with E-state index in [9.17, 15) is 13.6 Å². The Kier molecular flexibility index (Phi) is 4.95. The van der Waals surface area contributed by atoms with E-state index in [1.165, 1.54) is 13.2 Å². The molecule has 2 N–H and O–H groups in total. The number of benzene rings is 1. The molecule has 0 saturated carbocycles. The second-order valence-electron chi connectivity index (χ2n) is 4.41. The van der Waals surface area contributed by atoms with Crippen molar-refractivity contribution >= 4 is 27.5 Å². The molecular formula is C14H13BrF2N2O2. The molecular weight excluding hydrogens is 346 g/mol.